The van der Waals surface area contributed by atoms with Crippen LogP contribution in [0.2, 0.25) is 0 Å². The smallest absolute Gasteiger partial charge is 0.100 e. The second kappa shape index (κ2) is 7.84. The summed E-state index contributed by atoms with van der Waals surface area (Å²) >= 11 is 0. The summed E-state index contributed by atoms with van der Waals surface area (Å²) in [5.74, 6) is 0. The highest BCUT2D eigenvalue weighted by molar-refractivity contribution is 6.01. The first-order chi connectivity index (χ1) is 7.70. The summed E-state index contributed by atoms with van der Waals surface area (Å²) < 4.78 is 0. The number of nitrogens with one attached hydrogen (secondary N) is 1. The van der Waals surface area contributed by atoms with Crippen LogP contribution < -0.4 is 5.32 Å². The van der Waals surface area contributed by atoms with Gasteiger partial charge in [0.2, 0.25) is 0 Å². The summed E-state index contributed by atoms with van der Waals surface area (Å²) in [4.78, 5) is 4.15. The maximum Gasteiger partial charge on any atom is 0.100 e. The highest BCUT2D eigenvalue weighted by Crippen LogP contribution is 2.28. The van der Waals surface area contributed by atoms with Crippen LogP contribution in [0.4, 0.5) is 0 Å². The lowest BCUT2D eigenvalue weighted by atomic mass is 9.78. The predicted molar refractivity (Wildman–Crippen MR) is 69.3 cm³/mol. The van der Waals surface area contributed by atoms with E-state index in [1.807, 2.05) is 13.8 Å². The largest absolute Gasteiger partial charge is 0.317 e. The normalized spacial score (nSPS) is 14.9. The molecule has 0 aromatic rings. The lowest BCUT2D eigenvalue weighted by Crippen LogP contribution is -2.32. The van der Waals surface area contributed by atoms with Gasteiger partial charge in [-0.2, -0.15) is 5.26 Å². The van der Waals surface area contributed by atoms with E-state index in [2.05, 4.69) is 29.5 Å². The van der Waals surface area contributed by atoms with Crippen LogP contribution in [0, 0.1) is 16.7 Å². The summed E-state index contributed by atoms with van der Waals surface area (Å²) in [5.41, 5.74) is 0.170. The molecular formula is C13H21N3. The molecule has 1 atom stereocenters. The number of rotatable bonds is 8. The minimum Gasteiger partial charge on any atom is -0.317 e. The Bertz CT molecular complexity index is 299. The number of nitrogens with zero attached hydrogens (tertiary/aromatic N) is 2. The summed E-state index contributed by atoms with van der Waals surface area (Å²) in [6, 6.07) is 2.37. The molecule has 0 bridgehead atoms. The van der Waals surface area contributed by atoms with Crippen molar-refractivity contribution in [3.8, 4) is 6.07 Å². The van der Waals surface area contributed by atoms with Crippen LogP contribution in [-0.2, 0) is 0 Å². The van der Waals surface area contributed by atoms with Crippen molar-refractivity contribution in [3.05, 3.63) is 25.4 Å². The third kappa shape index (κ3) is 3.63. The topological polar surface area (TPSA) is 48.2 Å². The second-order valence-electron chi connectivity index (χ2n) is 3.55. The molecule has 0 aliphatic carbocycles. The first kappa shape index (κ1) is 14.6. The van der Waals surface area contributed by atoms with Crippen LogP contribution in [-0.4, -0.2) is 18.8 Å². The molecule has 0 saturated heterocycles. The predicted octanol–water partition coefficient (Wildman–Crippen LogP) is 2.68. The van der Waals surface area contributed by atoms with Gasteiger partial charge in [-0.3, -0.25) is 4.99 Å². The van der Waals surface area contributed by atoms with E-state index in [1.54, 1.807) is 6.08 Å². The zero-order valence-electron chi connectivity index (χ0n) is 10.3. The Labute approximate surface area is 98.6 Å². The Hall–Kier alpha value is -1.40. The van der Waals surface area contributed by atoms with Gasteiger partial charge in [-0.15, -0.1) is 0 Å². The lowest BCUT2D eigenvalue weighted by molar-refractivity contribution is 0.465. The van der Waals surface area contributed by atoms with Gasteiger partial charge < -0.3 is 5.32 Å². The zero-order chi connectivity index (χ0) is 12.4. The van der Waals surface area contributed by atoms with Crippen molar-refractivity contribution in [2.75, 3.05) is 13.1 Å². The standard InChI is InChI=1S/C13H21N3/c1-5-12(16-8-4)13(6-2,11-14)9-10-15-7-3/h5,8,15H,1,4,6-7,9-10H2,2-3H3. The zero-order valence-corrected chi connectivity index (χ0v) is 10.3. The van der Waals surface area contributed by atoms with Gasteiger partial charge in [0.05, 0.1) is 11.8 Å². The first-order valence-corrected chi connectivity index (χ1v) is 5.64. The van der Waals surface area contributed by atoms with Crippen molar-refractivity contribution >= 4 is 5.71 Å². The quantitative estimate of drug-likeness (QED) is 0.504. The van der Waals surface area contributed by atoms with Crippen LogP contribution in [0.1, 0.15) is 26.7 Å². The third-order valence-corrected chi connectivity index (χ3v) is 2.71. The van der Waals surface area contributed by atoms with Crippen molar-refractivity contribution in [3.63, 3.8) is 0 Å². The molecule has 0 heterocycles. The van der Waals surface area contributed by atoms with Crippen LogP contribution in [0.3, 0.4) is 0 Å². The molecule has 1 N–H and O–H groups in total. The van der Waals surface area contributed by atoms with Crippen LogP contribution in [0.5, 0.6) is 0 Å². The number of aliphatic imine (C=N–C) groups is 1. The van der Waals surface area contributed by atoms with Crippen molar-refractivity contribution in [1.29, 1.82) is 5.26 Å². The minimum absolute atomic E-state index is 0.544. The fourth-order valence-electron chi connectivity index (χ4n) is 1.63. The Morgan fingerprint density at radius 1 is 1.50 bits per heavy atom. The van der Waals surface area contributed by atoms with Gasteiger partial charge >= 0.3 is 0 Å². The van der Waals surface area contributed by atoms with E-state index in [4.69, 9.17) is 0 Å². The van der Waals surface area contributed by atoms with Crippen LogP contribution in [0.15, 0.2) is 30.4 Å². The molecule has 16 heavy (non-hydrogen) atoms. The van der Waals surface area contributed by atoms with E-state index in [-0.39, 0.29) is 0 Å². The molecule has 0 aromatic heterocycles. The molecule has 0 aromatic carbocycles. The average molecular weight is 219 g/mol. The van der Waals surface area contributed by atoms with Crippen molar-refractivity contribution < 1.29 is 0 Å². The molecular weight excluding hydrogens is 198 g/mol. The lowest BCUT2D eigenvalue weighted by Gasteiger charge is -2.25. The fourth-order valence-corrected chi connectivity index (χ4v) is 1.63. The van der Waals surface area contributed by atoms with Crippen molar-refractivity contribution in [2.24, 2.45) is 10.4 Å². The van der Waals surface area contributed by atoms with Crippen LogP contribution >= 0.6 is 0 Å². The van der Waals surface area contributed by atoms with Gasteiger partial charge in [0.25, 0.3) is 0 Å². The van der Waals surface area contributed by atoms with E-state index in [1.165, 1.54) is 6.20 Å². The SMILES string of the molecule is C=CN=C(C=C)C(C#N)(CC)CCNCC. The third-order valence-electron chi connectivity index (χ3n) is 2.71. The van der Waals surface area contributed by atoms with E-state index in [9.17, 15) is 5.26 Å². The molecule has 0 saturated carbocycles. The molecule has 0 rings (SSSR count). The minimum atomic E-state index is -0.544. The van der Waals surface area contributed by atoms with Gasteiger partial charge in [0.1, 0.15) is 5.41 Å². The second-order valence-corrected chi connectivity index (χ2v) is 3.55. The van der Waals surface area contributed by atoms with E-state index in [0.29, 0.717) is 5.71 Å². The molecule has 3 nitrogen and oxygen atoms in total. The highest BCUT2D eigenvalue weighted by atomic mass is 14.8. The molecule has 0 spiro atoms. The Morgan fingerprint density at radius 2 is 2.19 bits per heavy atom. The monoisotopic (exact) mass is 219 g/mol. The fraction of sp³-hybridized carbons (Fsp3) is 0.538. The Kier molecular flexibility index (Phi) is 7.15. The van der Waals surface area contributed by atoms with Gasteiger partial charge in [0, 0.05) is 6.20 Å². The highest BCUT2D eigenvalue weighted by Gasteiger charge is 2.31. The maximum atomic E-state index is 9.36. The van der Waals surface area contributed by atoms with Gasteiger partial charge in [-0.1, -0.05) is 27.0 Å². The average Bonchev–Trinajstić information content (AvgIpc) is 2.33. The first-order valence-electron chi connectivity index (χ1n) is 5.64. The number of hydrogen-bond donors (Lipinski definition) is 1. The summed E-state index contributed by atoms with van der Waals surface area (Å²) in [7, 11) is 0. The van der Waals surface area contributed by atoms with E-state index < -0.39 is 5.41 Å². The number of allylic oxidation sites excluding steroid dienone is 1. The van der Waals surface area contributed by atoms with E-state index in [0.717, 1.165) is 25.9 Å². The number of nitriles is 1. The number of hydrogen-bond acceptors (Lipinski definition) is 3. The molecule has 0 fully saturated rings. The molecule has 0 radical (unpaired) electrons. The molecule has 0 aliphatic rings. The summed E-state index contributed by atoms with van der Waals surface area (Å²) in [5, 5.41) is 12.6. The maximum absolute atomic E-state index is 9.36. The van der Waals surface area contributed by atoms with Crippen LogP contribution in [0.25, 0.3) is 0 Å². The van der Waals surface area contributed by atoms with Gasteiger partial charge in [0.15, 0.2) is 0 Å². The molecule has 0 aliphatic heterocycles. The Morgan fingerprint density at radius 3 is 2.56 bits per heavy atom. The van der Waals surface area contributed by atoms with Gasteiger partial charge in [-0.05, 0) is 32.0 Å². The van der Waals surface area contributed by atoms with Gasteiger partial charge in [-0.25, -0.2) is 0 Å². The molecule has 1 unspecified atom stereocenters. The van der Waals surface area contributed by atoms with Crippen molar-refractivity contribution in [2.45, 2.75) is 26.7 Å². The van der Waals surface area contributed by atoms with Crippen molar-refractivity contribution in [1.82, 2.24) is 5.32 Å². The summed E-state index contributed by atoms with van der Waals surface area (Å²) in [6.07, 6.45) is 4.59. The summed E-state index contributed by atoms with van der Waals surface area (Å²) in [6.45, 7) is 13.0. The van der Waals surface area contributed by atoms with E-state index >= 15 is 0 Å². The molecule has 88 valence electrons. The molecule has 3 heteroatoms. The molecule has 0 amide bonds. The Balaban J connectivity index is 4.93.